The molecule has 6 heteroatoms. The molecule has 98 valence electrons. The number of nitrogens with one attached hydrogen (secondary N) is 2. The Labute approximate surface area is 113 Å². The largest absolute Gasteiger partial charge is 0.380 e. The van der Waals surface area contributed by atoms with E-state index in [9.17, 15) is 14.3 Å². The molecule has 18 heavy (non-hydrogen) atoms. The van der Waals surface area contributed by atoms with E-state index >= 15 is 0 Å². The van der Waals surface area contributed by atoms with Crippen LogP contribution in [0.25, 0.3) is 0 Å². The Kier molecular flexibility index (Phi) is 3.87. The highest BCUT2D eigenvalue weighted by molar-refractivity contribution is 9.10. The highest BCUT2D eigenvalue weighted by Gasteiger charge is 2.38. The standard InChI is InChI=1S/C12H14BrFN2O2/c13-9-7-8(14)3-4-10(9)15-16-11(17)12(18)5-1-2-6-12/h3-4,7,15,18H,1-2,5-6H2,(H,16,17). The van der Waals surface area contributed by atoms with Crippen LogP contribution in [-0.2, 0) is 4.79 Å². The van der Waals surface area contributed by atoms with Crippen molar-refractivity contribution >= 4 is 27.5 Å². The van der Waals surface area contributed by atoms with Crippen molar-refractivity contribution < 1.29 is 14.3 Å². The number of carbonyl (C=O) groups excluding carboxylic acids is 1. The molecule has 0 radical (unpaired) electrons. The number of halogens is 2. The Bertz CT molecular complexity index is 461. The summed E-state index contributed by atoms with van der Waals surface area (Å²) >= 11 is 3.18. The van der Waals surface area contributed by atoms with Crippen molar-refractivity contribution in [3.05, 3.63) is 28.5 Å². The van der Waals surface area contributed by atoms with Crippen molar-refractivity contribution in [1.29, 1.82) is 0 Å². The van der Waals surface area contributed by atoms with E-state index in [1.807, 2.05) is 0 Å². The minimum atomic E-state index is -1.28. The quantitative estimate of drug-likeness (QED) is 0.750. The Hall–Kier alpha value is -1.14. The van der Waals surface area contributed by atoms with Crippen LogP contribution in [0.3, 0.4) is 0 Å². The molecule has 0 bridgehead atoms. The first-order valence-electron chi connectivity index (χ1n) is 5.75. The smallest absolute Gasteiger partial charge is 0.270 e. The maximum absolute atomic E-state index is 12.9. The molecule has 1 amide bonds. The van der Waals surface area contributed by atoms with E-state index in [-0.39, 0.29) is 5.82 Å². The first-order valence-corrected chi connectivity index (χ1v) is 6.54. The summed E-state index contributed by atoms with van der Waals surface area (Å²) in [7, 11) is 0. The molecule has 0 atom stereocenters. The number of hydrogen-bond donors (Lipinski definition) is 3. The highest BCUT2D eigenvalue weighted by atomic mass is 79.9. The number of rotatable bonds is 3. The van der Waals surface area contributed by atoms with Gasteiger partial charge in [0.25, 0.3) is 5.91 Å². The molecular weight excluding hydrogens is 303 g/mol. The molecule has 3 N–H and O–H groups in total. The lowest BCUT2D eigenvalue weighted by atomic mass is 10.0. The van der Waals surface area contributed by atoms with Crippen LogP contribution >= 0.6 is 15.9 Å². The Balaban J connectivity index is 1.97. The number of aliphatic hydroxyl groups is 1. The number of amides is 1. The number of benzene rings is 1. The minimum absolute atomic E-state index is 0.367. The van der Waals surface area contributed by atoms with Crippen LogP contribution in [0.5, 0.6) is 0 Å². The SMILES string of the molecule is O=C(NNc1ccc(F)cc1Br)C1(O)CCCC1. The molecule has 0 heterocycles. The summed E-state index contributed by atoms with van der Waals surface area (Å²) in [5.74, 6) is -0.815. The normalized spacial score (nSPS) is 17.5. The van der Waals surface area contributed by atoms with Crippen molar-refractivity contribution in [2.24, 2.45) is 0 Å². The van der Waals surface area contributed by atoms with Crippen LogP contribution in [0, 0.1) is 5.82 Å². The van der Waals surface area contributed by atoms with Crippen molar-refractivity contribution in [2.75, 3.05) is 5.43 Å². The first kappa shape index (κ1) is 13.3. The van der Waals surface area contributed by atoms with E-state index in [1.165, 1.54) is 18.2 Å². The lowest BCUT2D eigenvalue weighted by molar-refractivity contribution is -0.138. The number of hydrogen-bond acceptors (Lipinski definition) is 3. The minimum Gasteiger partial charge on any atom is -0.380 e. The van der Waals surface area contributed by atoms with E-state index < -0.39 is 11.5 Å². The van der Waals surface area contributed by atoms with Crippen molar-refractivity contribution in [1.82, 2.24) is 5.43 Å². The molecule has 1 aliphatic carbocycles. The summed E-state index contributed by atoms with van der Waals surface area (Å²) in [6.07, 6.45) is 2.66. The van der Waals surface area contributed by atoms with E-state index in [4.69, 9.17) is 0 Å². The molecule has 0 saturated heterocycles. The van der Waals surface area contributed by atoms with Gasteiger partial charge in [-0.05, 0) is 59.8 Å². The molecule has 0 unspecified atom stereocenters. The van der Waals surface area contributed by atoms with Gasteiger partial charge in [-0.3, -0.25) is 15.6 Å². The molecule has 1 aromatic carbocycles. The van der Waals surface area contributed by atoms with Gasteiger partial charge in [0.1, 0.15) is 11.4 Å². The van der Waals surface area contributed by atoms with Crippen LogP contribution in [0.15, 0.2) is 22.7 Å². The number of carbonyl (C=O) groups is 1. The molecule has 1 fully saturated rings. The summed E-state index contributed by atoms with van der Waals surface area (Å²) in [5.41, 5.74) is 4.37. The fourth-order valence-electron chi connectivity index (χ4n) is 2.02. The third kappa shape index (κ3) is 2.81. The fraction of sp³-hybridized carbons (Fsp3) is 0.417. The van der Waals surface area contributed by atoms with Crippen LogP contribution in [-0.4, -0.2) is 16.6 Å². The van der Waals surface area contributed by atoms with E-state index in [0.717, 1.165) is 12.8 Å². The Morgan fingerprint density at radius 1 is 1.39 bits per heavy atom. The van der Waals surface area contributed by atoms with Gasteiger partial charge in [-0.25, -0.2) is 4.39 Å². The third-order valence-corrected chi connectivity index (χ3v) is 3.75. The zero-order valence-corrected chi connectivity index (χ0v) is 11.3. The molecular formula is C12H14BrFN2O2. The second-order valence-corrected chi connectivity index (χ2v) is 5.30. The van der Waals surface area contributed by atoms with Gasteiger partial charge in [-0.2, -0.15) is 0 Å². The van der Waals surface area contributed by atoms with Crippen LogP contribution in [0.4, 0.5) is 10.1 Å². The van der Waals surface area contributed by atoms with Gasteiger partial charge in [0, 0.05) is 4.47 Å². The Morgan fingerprint density at radius 2 is 2.06 bits per heavy atom. The zero-order chi connectivity index (χ0) is 13.2. The van der Waals surface area contributed by atoms with Gasteiger partial charge in [-0.15, -0.1) is 0 Å². The van der Waals surface area contributed by atoms with Gasteiger partial charge in [0.2, 0.25) is 0 Å². The summed E-state index contributed by atoms with van der Waals surface area (Å²) in [6.45, 7) is 0. The van der Waals surface area contributed by atoms with E-state index in [0.29, 0.717) is 23.0 Å². The zero-order valence-electron chi connectivity index (χ0n) is 9.67. The molecule has 1 saturated carbocycles. The predicted octanol–water partition coefficient (Wildman–Crippen LogP) is 2.34. The summed E-state index contributed by atoms with van der Waals surface area (Å²) in [5, 5.41) is 10.0. The molecule has 4 nitrogen and oxygen atoms in total. The average Bonchev–Trinajstić information content (AvgIpc) is 2.76. The van der Waals surface area contributed by atoms with E-state index in [2.05, 4.69) is 26.8 Å². The lowest BCUT2D eigenvalue weighted by Crippen LogP contribution is -2.46. The molecule has 0 aromatic heterocycles. The predicted molar refractivity (Wildman–Crippen MR) is 69.3 cm³/mol. The van der Waals surface area contributed by atoms with Gasteiger partial charge in [-0.1, -0.05) is 0 Å². The van der Waals surface area contributed by atoms with Crippen LogP contribution < -0.4 is 10.9 Å². The second-order valence-electron chi connectivity index (χ2n) is 4.44. The highest BCUT2D eigenvalue weighted by Crippen LogP contribution is 2.29. The van der Waals surface area contributed by atoms with Crippen molar-refractivity contribution in [3.63, 3.8) is 0 Å². The maximum atomic E-state index is 12.9. The Morgan fingerprint density at radius 3 is 2.67 bits per heavy atom. The third-order valence-electron chi connectivity index (χ3n) is 3.10. The lowest BCUT2D eigenvalue weighted by Gasteiger charge is -2.21. The summed E-state index contributed by atoms with van der Waals surface area (Å²) in [4.78, 5) is 11.8. The van der Waals surface area contributed by atoms with E-state index in [1.54, 1.807) is 0 Å². The topological polar surface area (TPSA) is 61.4 Å². The van der Waals surface area contributed by atoms with Gasteiger partial charge in [0.05, 0.1) is 5.69 Å². The number of hydrazine groups is 1. The van der Waals surface area contributed by atoms with Crippen molar-refractivity contribution in [2.45, 2.75) is 31.3 Å². The molecule has 2 rings (SSSR count). The number of anilines is 1. The van der Waals surface area contributed by atoms with Crippen LogP contribution in [0.1, 0.15) is 25.7 Å². The summed E-state index contributed by atoms with van der Waals surface area (Å²) in [6, 6.07) is 4.07. The van der Waals surface area contributed by atoms with Crippen LogP contribution in [0.2, 0.25) is 0 Å². The van der Waals surface area contributed by atoms with Crippen molar-refractivity contribution in [3.8, 4) is 0 Å². The molecule has 1 aromatic rings. The fourth-order valence-corrected chi connectivity index (χ4v) is 2.47. The first-order chi connectivity index (χ1) is 8.51. The maximum Gasteiger partial charge on any atom is 0.270 e. The van der Waals surface area contributed by atoms with Gasteiger partial charge >= 0.3 is 0 Å². The summed E-state index contributed by atoms with van der Waals surface area (Å²) < 4.78 is 13.4. The molecule has 0 spiro atoms. The van der Waals surface area contributed by atoms with Gasteiger partial charge < -0.3 is 5.11 Å². The van der Waals surface area contributed by atoms with Gasteiger partial charge in [0.15, 0.2) is 0 Å². The monoisotopic (exact) mass is 316 g/mol. The second kappa shape index (κ2) is 5.24. The molecule has 1 aliphatic rings. The average molecular weight is 317 g/mol. The molecule has 0 aliphatic heterocycles.